The number of rotatable bonds is 10. The van der Waals surface area contributed by atoms with Gasteiger partial charge in [0.15, 0.2) is 5.96 Å². The Balaban J connectivity index is 0.00000676. The fourth-order valence-electron chi connectivity index (χ4n) is 2.32. The van der Waals surface area contributed by atoms with Crippen LogP contribution in [0.25, 0.3) is 0 Å². The van der Waals surface area contributed by atoms with Crippen LogP contribution in [0.3, 0.4) is 0 Å². The molecule has 0 aliphatic carbocycles. The summed E-state index contributed by atoms with van der Waals surface area (Å²) < 4.78 is 36.0. The molecule has 0 radical (unpaired) electrons. The minimum absolute atomic E-state index is 0. The molecule has 0 bridgehead atoms. The summed E-state index contributed by atoms with van der Waals surface area (Å²) in [6, 6.07) is 5.70. The first kappa shape index (κ1) is 25.7. The maximum atomic E-state index is 11.4. The van der Waals surface area contributed by atoms with Gasteiger partial charge in [-0.1, -0.05) is 0 Å². The van der Waals surface area contributed by atoms with Crippen LogP contribution in [-0.4, -0.2) is 66.4 Å². The molecule has 0 aromatic heterocycles. The Morgan fingerprint density at radius 2 is 1.93 bits per heavy atom. The summed E-state index contributed by atoms with van der Waals surface area (Å²) in [5.74, 6) is 2.31. The molecule has 0 saturated heterocycles. The Bertz CT molecular complexity index is 698. The van der Waals surface area contributed by atoms with Gasteiger partial charge in [-0.25, -0.2) is 13.1 Å². The first-order chi connectivity index (χ1) is 12.4. The van der Waals surface area contributed by atoms with E-state index in [0.717, 1.165) is 23.0 Å². The molecule has 0 aliphatic rings. The zero-order chi connectivity index (χ0) is 19.6. The molecule has 0 amide bonds. The van der Waals surface area contributed by atoms with Gasteiger partial charge < -0.3 is 19.7 Å². The van der Waals surface area contributed by atoms with Crippen LogP contribution < -0.4 is 19.5 Å². The van der Waals surface area contributed by atoms with Crippen molar-refractivity contribution in [3.8, 4) is 11.5 Å². The van der Waals surface area contributed by atoms with E-state index in [1.807, 2.05) is 30.1 Å². The number of halogens is 1. The van der Waals surface area contributed by atoms with Crippen LogP contribution in [0.5, 0.6) is 11.5 Å². The molecular formula is C17H31IN4O4S. The summed E-state index contributed by atoms with van der Waals surface area (Å²) in [6.07, 6.45) is 0.665. The largest absolute Gasteiger partial charge is 0.497 e. The number of nitrogens with zero attached hydrogens (tertiary/aromatic N) is 2. The summed E-state index contributed by atoms with van der Waals surface area (Å²) >= 11 is 0. The molecule has 0 spiro atoms. The Labute approximate surface area is 179 Å². The van der Waals surface area contributed by atoms with Crippen molar-refractivity contribution in [3.63, 3.8) is 0 Å². The first-order valence-corrected chi connectivity index (χ1v) is 10.1. The maximum absolute atomic E-state index is 11.4. The van der Waals surface area contributed by atoms with Crippen LogP contribution >= 0.6 is 24.0 Å². The van der Waals surface area contributed by atoms with E-state index < -0.39 is 10.0 Å². The molecule has 1 aromatic carbocycles. The van der Waals surface area contributed by atoms with Gasteiger partial charge in [0.25, 0.3) is 0 Å². The summed E-state index contributed by atoms with van der Waals surface area (Å²) in [4.78, 5) is 6.24. The SMILES string of the molecule is CCS(=O)(=O)NCCCNC(=NC)N(C)Cc1ccc(OC)cc1OC.I. The summed E-state index contributed by atoms with van der Waals surface area (Å²) in [6.45, 7) is 3.24. The molecule has 0 fully saturated rings. The van der Waals surface area contributed by atoms with Crippen LogP contribution in [0.1, 0.15) is 18.9 Å². The van der Waals surface area contributed by atoms with Crippen LogP contribution in [0, 0.1) is 0 Å². The molecule has 156 valence electrons. The zero-order valence-corrected chi connectivity index (χ0v) is 19.8. The van der Waals surface area contributed by atoms with Gasteiger partial charge in [-0.05, 0) is 25.5 Å². The molecule has 0 heterocycles. The fourth-order valence-corrected chi connectivity index (χ4v) is 2.98. The molecule has 0 atom stereocenters. The van der Waals surface area contributed by atoms with Gasteiger partial charge in [0.05, 0.1) is 20.0 Å². The molecule has 0 saturated carbocycles. The van der Waals surface area contributed by atoms with Gasteiger partial charge in [-0.2, -0.15) is 0 Å². The van der Waals surface area contributed by atoms with Crippen LogP contribution in [0.4, 0.5) is 0 Å². The van der Waals surface area contributed by atoms with Gasteiger partial charge in [0, 0.05) is 45.4 Å². The minimum atomic E-state index is -3.14. The van der Waals surface area contributed by atoms with E-state index in [0.29, 0.717) is 26.1 Å². The highest BCUT2D eigenvalue weighted by Crippen LogP contribution is 2.25. The first-order valence-electron chi connectivity index (χ1n) is 8.46. The Kier molecular flexibility index (Phi) is 12.4. The van der Waals surface area contributed by atoms with E-state index in [-0.39, 0.29) is 29.7 Å². The number of sulfonamides is 1. The lowest BCUT2D eigenvalue weighted by molar-refractivity contribution is 0.382. The van der Waals surface area contributed by atoms with Crippen LogP contribution in [-0.2, 0) is 16.6 Å². The molecule has 8 nitrogen and oxygen atoms in total. The zero-order valence-electron chi connectivity index (χ0n) is 16.6. The molecule has 2 N–H and O–H groups in total. The van der Waals surface area contributed by atoms with Gasteiger partial charge in [0.1, 0.15) is 11.5 Å². The average molecular weight is 514 g/mol. The van der Waals surface area contributed by atoms with Crippen LogP contribution in [0.15, 0.2) is 23.2 Å². The number of benzene rings is 1. The number of hydrogen-bond acceptors (Lipinski definition) is 5. The molecule has 27 heavy (non-hydrogen) atoms. The minimum Gasteiger partial charge on any atom is -0.497 e. The molecule has 10 heteroatoms. The number of ether oxygens (including phenoxy) is 2. The Morgan fingerprint density at radius 1 is 1.22 bits per heavy atom. The van der Waals surface area contributed by atoms with Crippen molar-refractivity contribution >= 4 is 40.0 Å². The highest BCUT2D eigenvalue weighted by molar-refractivity contribution is 14.0. The lowest BCUT2D eigenvalue weighted by Crippen LogP contribution is -2.39. The second kappa shape index (κ2) is 13.0. The van der Waals surface area contributed by atoms with Crippen molar-refractivity contribution in [2.45, 2.75) is 19.9 Å². The third-order valence-corrected chi connectivity index (χ3v) is 5.22. The number of aliphatic imine (C=N–C) groups is 1. The van der Waals surface area contributed by atoms with E-state index >= 15 is 0 Å². The van der Waals surface area contributed by atoms with E-state index in [1.54, 1.807) is 28.2 Å². The van der Waals surface area contributed by atoms with Crippen molar-refractivity contribution in [2.75, 3.05) is 47.2 Å². The van der Waals surface area contributed by atoms with Crippen molar-refractivity contribution in [1.82, 2.24) is 14.9 Å². The highest BCUT2D eigenvalue weighted by Gasteiger charge is 2.11. The fraction of sp³-hybridized carbons (Fsp3) is 0.588. The number of guanidine groups is 1. The lowest BCUT2D eigenvalue weighted by atomic mass is 10.2. The second-order valence-electron chi connectivity index (χ2n) is 5.66. The predicted molar refractivity (Wildman–Crippen MR) is 120 cm³/mol. The molecule has 0 aliphatic heterocycles. The van der Waals surface area contributed by atoms with Crippen LogP contribution in [0.2, 0.25) is 0 Å². The summed E-state index contributed by atoms with van der Waals surface area (Å²) in [5.41, 5.74) is 1.01. The third kappa shape index (κ3) is 8.98. The van der Waals surface area contributed by atoms with E-state index in [2.05, 4.69) is 15.0 Å². The Hall–Kier alpha value is -1.27. The smallest absolute Gasteiger partial charge is 0.211 e. The number of methoxy groups -OCH3 is 2. The molecule has 1 aromatic rings. The monoisotopic (exact) mass is 514 g/mol. The number of hydrogen-bond donors (Lipinski definition) is 2. The third-order valence-electron chi connectivity index (χ3n) is 3.81. The van der Waals surface area contributed by atoms with Gasteiger partial charge in [-0.15, -0.1) is 24.0 Å². The van der Waals surface area contributed by atoms with Gasteiger partial charge in [0.2, 0.25) is 10.0 Å². The number of nitrogens with one attached hydrogen (secondary N) is 2. The lowest BCUT2D eigenvalue weighted by Gasteiger charge is -2.23. The van der Waals surface area contributed by atoms with Crippen molar-refractivity contribution in [3.05, 3.63) is 23.8 Å². The van der Waals surface area contributed by atoms with Crippen molar-refractivity contribution < 1.29 is 17.9 Å². The maximum Gasteiger partial charge on any atom is 0.211 e. The molecular weight excluding hydrogens is 483 g/mol. The van der Waals surface area contributed by atoms with Gasteiger partial charge in [-0.3, -0.25) is 4.99 Å². The average Bonchev–Trinajstić information content (AvgIpc) is 2.64. The topological polar surface area (TPSA) is 92.3 Å². The summed E-state index contributed by atoms with van der Waals surface area (Å²) in [5, 5.41) is 3.23. The van der Waals surface area contributed by atoms with Crippen molar-refractivity contribution in [1.29, 1.82) is 0 Å². The Morgan fingerprint density at radius 3 is 2.48 bits per heavy atom. The normalized spacial score (nSPS) is 11.5. The second-order valence-corrected chi connectivity index (χ2v) is 7.75. The quantitative estimate of drug-likeness (QED) is 0.214. The predicted octanol–water partition coefficient (Wildman–Crippen LogP) is 1.66. The molecule has 1 rings (SSSR count). The standard InChI is InChI=1S/C17H30N4O4S.HI/c1-6-26(22,23)20-11-7-10-19-17(18-2)21(3)13-14-8-9-15(24-4)12-16(14)25-5;/h8-9,12,20H,6-7,10-11,13H2,1-5H3,(H,18,19);1H. The van der Waals surface area contributed by atoms with E-state index in [9.17, 15) is 8.42 Å². The van der Waals surface area contributed by atoms with Gasteiger partial charge >= 0.3 is 0 Å². The summed E-state index contributed by atoms with van der Waals surface area (Å²) in [7, 11) is 3.75. The van der Waals surface area contributed by atoms with E-state index in [1.165, 1.54) is 0 Å². The highest BCUT2D eigenvalue weighted by atomic mass is 127. The molecule has 0 unspecified atom stereocenters. The van der Waals surface area contributed by atoms with Crippen molar-refractivity contribution in [2.24, 2.45) is 4.99 Å². The van der Waals surface area contributed by atoms with E-state index in [4.69, 9.17) is 9.47 Å².